The van der Waals surface area contributed by atoms with E-state index in [9.17, 15) is 8.42 Å². The lowest BCUT2D eigenvalue weighted by atomic mass is 10.5. The largest absolute Gasteiger partial charge is 0.395 e. The van der Waals surface area contributed by atoms with Crippen molar-refractivity contribution in [1.82, 2.24) is 4.84 Å². The Hall–Kier alpha value is 0.160. The van der Waals surface area contributed by atoms with Crippen LogP contribution in [0.2, 0.25) is 0 Å². The van der Waals surface area contributed by atoms with Gasteiger partial charge in [-0.25, -0.2) is 13.3 Å². The highest BCUT2D eigenvalue weighted by atomic mass is 35.5. The van der Waals surface area contributed by atoms with E-state index in [1.807, 2.05) is 0 Å². The van der Waals surface area contributed by atoms with E-state index in [1.165, 1.54) is 0 Å². The van der Waals surface area contributed by atoms with Crippen LogP contribution >= 0.6 is 11.8 Å². The lowest BCUT2D eigenvalue weighted by molar-refractivity contribution is 0.319. The maximum absolute atomic E-state index is 10.9. The first-order valence-electron chi connectivity index (χ1n) is 3.27. The van der Waals surface area contributed by atoms with Gasteiger partial charge in [-0.1, -0.05) is 0 Å². The molecular weight excluding hydrogens is 190 g/mol. The summed E-state index contributed by atoms with van der Waals surface area (Å²) >= 11 is 5.11. The molecule has 0 aromatic heterocycles. The highest BCUT2D eigenvalue weighted by Gasteiger charge is 2.08. The van der Waals surface area contributed by atoms with E-state index < -0.39 is 9.84 Å². The monoisotopic (exact) mass is 201 g/mol. The molecule has 4 nitrogen and oxygen atoms in total. The minimum Gasteiger partial charge on any atom is -0.395 e. The highest BCUT2D eigenvalue weighted by Crippen LogP contribution is 1.92. The molecule has 0 amide bonds. The van der Waals surface area contributed by atoms with Crippen molar-refractivity contribution in [3.63, 3.8) is 0 Å². The Morgan fingerprint density at radius 2 is 2.00 bits per heavy atom. The molecule has 0 aliphatic rings. The van der Waals surface area contributed by atoms with Gasteiger partial charge in [-0.05, 0) is 18.2 Å². The number of hydrogen-bond acceptors (Lipinski definition) is 4. The van der Waals surface area contributed by atoms with E-state index in [0.29, 0.717) is 13.0 Å². The Kier molecular flexibility index (Phi) is 5.85. The van der Waals surface area contributed by atoms with Crippen LogP contribution < -0.4 is 4.84 Å². The van der Waals surface area contributed by atoms with Gasteiger partial charge in [0.1, 0.15) is 0 Å². The Morgan fingerprint density at radius 3 is 2.45 bits per heavy atom. The van der Waals surface area contributed by atoms with Crippen LogP contribution in [0.3, 0.4) is 0 Å². The van der Waals surface area contributed by atoms with Crippen molar-refractivity contribution in [1.29, 1.82) is 0 Å². The van der Waals surface area contributed by atoms with Crippen LogP contribution in [-0.4, -0.2) is 38.2 Å². The zero-order chi connectivity index (χ0) is 8.74. The molecule has 0 aromatic rings. The van der Waals surface area contributed by atoms with E-state index in [0.717, 1.165) is 0 Å². The van der Waals surface area contributed by atoms with Gasteiger partial charge >= 0.3 is 0 Å². The smallest absolute Gasteiger partial charge is 0.152 e. The third-order valence-electron chi connectivity index (χ3n) is 1.13. The van der Waals surface area contributed by atoms with Gasteiger partial charge < -0.3 is 5.11 Å². The molecule has 6 heteroatoms. The summed E-state index contributed by atoms with van der Waals surface area (Å²) in [5, 5.41) is 8.34. The molecule has 0 unspecified atom stereocenters. The molecule has 2 N–H and O–H groups in total. The van der Waals surface area contributed by atoms with Gasteiger partial charge in [0.25, 0.3) is 0 Å². The van der Waals surface area contributed by atoms with Gasteiger partial charge in [-0.15, -0.1) is 0 Å². The molecule has 0 atom stereocenters. The van der Waals surface area contributed by atoms with Crippen molar-refractivity contribution in [2.24, 2.45) is 0 Å². The summed E-state index contributed by atoms with van der Waals surface area (Å²) < 4.78 is 21.7. The van der Waals surface area contributed by atoms with Crippen LogP contribution in [0.1, 0.15) is 6.42 Å². The summed E-state index contributed by atoms with van der Waals surface area (Å²) in [7, 11) is -3.05. The molecule has 68 valence electrons. The third kappa shape index (κ3) is 6.55. The molecule has 0 aliphatic carbocycles. The van der Waals surface area contributed by atoms with Crippen molar-refractivity contribution in [2.45, 2.75) is 6.42 Å². The number of aliphatic hydroxyl groups excluding tert-OH is 1. The Morgan fingerprint density at radius 1 is 1.36 bits per heavy atom. The molecule has 0 aromatic carbocycles. The van der Waals surface area contributed by atoms with Crippen molar-refractivity contribution < 1.29 is 13.5 Å². The fraction of sp³-hybridized carbons (Fsp3) is 1.00. The maximum Gasteiger partial charge on any atom is 0.152 e. The second-order valence-electron chi connectivity index (χ2n) is 2.11. The predicted octanol–water partition coefficient (Wildman–Crippen LogP) is -0.473. The molecule has 0 aliphatic heterocycles. The Bertz CT molecular complexity index is 180. The van der Waals surface area contributed by atoms with E-state index in [2.05, 4.69) is 4.84 Å². The highest BCUT2D eigenvalue weighted by molar-refractivity contribution is 7.91. The normalized spacial score (nSPS) is 11.8. The molecular formula is C5H12ClNO3S. The summed E-state index contributed by atoms with van der Waals surface area (Å²) in [5.74, 6) is -0.0808. The second-order valence-corrected chi connectivity index (χ2v) is 4.68. The standard InChI is InChI=1S/C5H12ClNO3S/c6-7-2-1-4-11(9,10)5-3-8/h7-8H,1-5H2. The lowest BCUT2D eigenvalue weighted by Gasteiger charge is -1.99. The number of sulfone groups is 1. The molecule has 0 heterocycles. The summed E-state index contributed by atoms with van der Waals surface area (Å²) in [6, 6.07) is 0. The minimum atomic E-state index is -3.05. The van der Waals surface area contributed by atoms with E-state index in [1.54, 1.807) is 0 Å². The van der Waals surface area contributed by atoms with Crippen LogP contribution in [0.15, 0.2) is 0 Å². The lowest BCUT2D eigenvalue weighted by Crippen LogP contribution is -2.16. The summed E-state index contributed by atoms with van der Waals surface area (Å²) in [5.41, 5.74) is 0. The number of rotatable bonds is 6. The van der Waals surface area contributed by atoms with Gasteiger partial charge in [0.2, 0.25) is 0 Å². The third-order valence-corrected chi connectivity index (χ3v) is 3.03. The molecule has 0 saturated carbocycles. The quantitative estimate of drug-likeness (QED) is 0.450. The average molecular weight is 202 g/mol. The van der Waals surface area contributed by atoms with Crippen LogP contribution in [0, 0.1) is 0 Å². The molecule has 0 fully saturated rings. The average Bonchev–Trinajstić information content (AvgIpc) is 1.87. The van der Waals surface area contributed by atoms with Crippen molar-refractivity contribution in [3.8, 4) is 0 Å². The van der Waals surface area contributed by atoms with Crippen LogP contribution in [0.25, 0.3) is 0 Å². The molecule has 11 heavy (non-hydrogen) atoms. The Labute approximate surface area is 71.6 Å². The van der Waals surface area contributed by atoms with Crippen molar-refractivity contribution in [2.75, 3.05) is 24.7 Å². The van der Waals surface area contributed by atoms with Gasteiger partial charge in [0.05, 0.1) is 18.1 Å². The SMILES string of the molecule is O=S(=O)(CCO)CCCNCl. The van der Waals surface area contributed by atoms with Gasteiger partial charge in [0.15, 0.2) is 9.84 Å². The van der Waals surface area contributed by atoms with Crippen molar-refractivity contribution >= 4 is 21.6 Å². The number of halogens is 1. The minimum absolute atomic E-state index is 0.0767. The second kappa shape index (κ2) is 5.77. The Balaban J connectivity index is 3.56. The summed E-state index contributed by atoms with van der Waals surface area (Å²) in [6.45, 7) is 0.156. The molecule has 0 bridgehead atoms. The number of hydrogen-bond donors (Lipinski definition) is 2. The van der Waals surface area contributed by atoms with Crippen LogP contribution in [0.5, 0.6) is 0 Å². The maximum atomic E-state index is 10.9. The number of nitrogens with one attached hydrogen (secondary N) is 1. The molecule has 0 saturated heterocycles. The first-order valence-corrected chi connectivity index (χ1v) is 5.47. The fourth-order valence-electron chi connectivity index (χ4n) is 0.600. The van der Waals surface area contributed by atoms with Gasteiger partial charge in [-0.2, -0.15) is 0 Å². The van der Waals surface area contributed by atoms with E-state index in [-0.39, 0.29) is 18.1 Å². The first kappa shape index (κ1) is 11.2. The van der Waals surface area contributed by atoms with E-state index >= 15 is 0 Å². The zero-order valence-corrected chi connectivity index (χ0v) is 7.66. The van der Waals surface area contributed by atoms with Crippen molar-refractivity contribution in [3.05, 3.63) is 0 Å². The molecule has 0 spiro atoms. The predicted molar refractivity (Wildman–Crippen MR) is 44.2 cm³/mol. The topological polar surface area (TPSA) is 66.4 Å². The first-order chi connectivity index (χ1) is 5.12. The van der Waals surface area contributed by atoms with E-state index in [4.69, 9.17) is 16.9 Å². The van der Waals surface area contributed by atoms with Crippen LogP contribution in [-0.2, 0) is 9.84 Å². The van der Waals surface area contributed by atoms with Gasteiger partial charge in [-0.3, -0.25) is 0 Å². The number of aliphatic hydroxyl groups is 1. The zero-order valence-electron chi connectivity index (χ0n) is 6.09. The summed E-state index contributed by atoms with van der Waals surface area (Å²) in [6.07, 6.45) is 0.478. The van der Waals surface area contributed by atoms with Crippen LogP contribution in [0.4, 0.5) is 0 Å². The molecule has 0 radical (unpaired) electrons. The van der Waals surface area contributed by atoms with Gasteiger partial charge in [0, 0.05) is 6.54 Å². The fourth-order valence-corrected chi connectivity index (χ4v) is 1.80. The molecule has 0 rings (SSSR count). The summed E-state index contributed by atoms with van der Waals surface area (Å²) in [4.78, 5) is 2.33.